The van der Waals surface area contributed by atoms with Gasteiger partial charge < -0.3 is 10.1 Å². The van der Waals surface area contributed by atoms with Gasteiger partial charge in [-0.05, 0) is 36.4 Å². The van der Waals surface area contributed by atoms with Crippen molar-refractivity contribution in [2.75, 3.05) is 12.4 Å². The van der Waals surface area contributed by atoms with E-state index in [4.69, 9.17) is 4.74 Å². The molecular formula is C18H13F4N5O3. The van der Waals surface area contributed by atoms with Crippen molar-refractivity contribution in [2.24, 2.45) is 0 Å². The van der Waals surface area contributed by atoms with Crippen LogP contribution in [0.25, 0.3) is 11.4 Å². The van der Waals surface area contributed by atoms with Crippen LogP contribution in [0.2, 0.25) is 0 Å². The van der Waals surface area contributed by atoms with Crippen molar-refractivity contribution in [3.63, 3.8) is 0 Å². The molecule has 0 unspecified atom stereocenters. The fourth-order valence-electron chi connectivity index (χ4n) is 2.53. The van der Waals surface area contributed by atoms with E-state index in [9.17, 15) is 27.7 Å². The van der Waals surface area contributed by atoms with Gasteiger partial charge in [0.05, 0.1) is 18.2 Å². The molecule has 1 aromatic heterocycles. The Morgan fingerprint density at radius 2 is 1.90 bits per heavy atom. The normalized spacial score (nSPS) is 12.0. The Balaban J connectivity index is 2.11. The van der Waals surface area contributed by atoms with Gasteiger partial charge in [0.15, 0.2) is 0 Å². The van der Waals surface area contributed by atoms with Gasteiger partial charge in [0.2, 0.25) is 11.6 Å². The zero-order valence-corrected chi connectivity index (χ0v) is 15.2. The summed E-state index contributed by atoms with van der Waals surface area (Å²) in [5.74, 6) is -2.40. The number of aromatic nitrogens is 3. The highest BCUT2D eigenvalue weighted by Crippen LogP contribution is 2.32. The third-order valence-corrected chi connectivity index (χ3v) is 3.87. The van der Waals surface area contributed by atoms with E-state index >= 15 is 0 Å². The maximum atomic E-state index is 13.4. The minimum Gasteiger partial charge on any atom is -0.497 e. The third kappa shape index (κ3) is 4.37. The van der Waals surface area contributed by atoms with Crippen LogP contribution in [0.4, 0.5) is 23.2 Å². The summed E-state index contributed by atoms with van der Waals surface area (Å²) >= 11 is 0. The highest BCUT2D eigenvalue weighted by Gasteiger charge is 2.41. The molecule has 0 spiro atoms. The van der Waals surface area contributed by atoms with Crippen molar-refractivity contribution in [1.29, 1.82) is 0 Å². The number of ether oxygens (including phenoxy) is 1. The molecule has 0 aliphatic rings. The van der Waals surface area contributed by atoms with Crippen molar-refractivity contribution in [1.82, 2.24) is 14.8 Å². The molecule has 0 amide bonds. The fraction of sp³-hybridized carbons (Fsp3) is 0.111. The molecule has 0 bridgehead atoms. The number of nitrogens with zero attached hydrogens (tertiary/aromatic N) is 4. The summed E-state index contributed by atoms with van der Waals surface area (Å²) in [6.07, 6.45) is -4.07. The average Bonchev–Trinajstić information content (AvgIpc) is 3.14. The maximum absolute atomic E-state index is 13.4. The van der Waals surface area contributed by atoms with Crippen LogP contribution in [0.15, 0.2) is 54.7 Å². The molecule has 0 atom stereocenters. The summed E-state index contributed by atoms with van der Waals surface area (Å²) in [6.45, 7) is 0. The van der Waals surface area contributed by atoms with E-state index in [2.05, 4.69) is 15.5 Å². The molecular weight excluding hydrogens is 410 g/mol. The molecule has 3 rings (SSSR count). The van der Waals surface area contributed by atoms with Crippen LogP contribution in [0, 0.1) is 15.9 Å². The lowest BCUT2D eigenvalue weighted by Crippen LogP contribution is -2.16. The minimum atomic E-state index is -4.96. The molecule has 0 aliphatic carbocycles. The van der Waals surface area contributed by atoms with Crippen LogP contribution in [0.1, 0.15) is 11.6 Å². The molecule has 0 aliphatic heterocycles. The monoisotopic (exact) mass is 423 g/mol. The largest absolute Gasteiger partial charge is 0.497 e. The van der Waals surface area contributed by atoms with Crippen LogP contribution < -0.4 is 10.1 Å². The van der Waals surface area contributed by atoms with Gasteiger partial charge >= 0.3 is 11.9 Å². The molecule has 8 nitrogen and oxygen atoms in total. The van der Waals surface area contributed by atoms with E-state index in [0.29, 0.717) is 16.0 Å². The van der Waals surface area contributed by atoms with Crippen LogP contribution in [-0.4, -0.2) is 26.8 Å². The molecule has 12 heteroatoms. The molecule has 3 aromatic rings. The van der Waals surface area contributed by atoms with Crippen molar-refractivity contribution in [3.05, 3.63) is 82.3 Å². The van der Waals surface area contributed by atoms with Gasteiger partial charge in [0, 0.05) is 17.4 Å². The predicted octanol–water partition coefficient (Wildman–Crippen LogP) is 4.12. The van der Waals surface area contributed by atoms with E-state index in [1.54, 1.807) is 18.2 Å². The van der Waals surface area contributed by atoms with Crippen LogP contribution >= 0.6 is 0 Å². The molecule has 0 saturated carbocycles. The second-order valence-electron chi connectivity index (χ2n) is 5.82. The van der Waals surface area contributed by atoms with E-state index < -0.39 is 34.3 Å². The Hall–Kier alpha value is -3.96. The molecule has 0 radical (unpaired) electrons. The Bertz CT molecular complexity index is 1090. The molecule has 2 aromatic carbocycles. The summed E-state index contributed by atoms with van der Waals surface area (Å²) in [5.41, 5.74) is -0.597. The van der Waals surface area contributed by atoms with Crippen molar-refractivity contribution >= 4 is 11.4 Å². The summed E-state index contributed by atoms with van der Waals surface area (Å²) in [5, 5.41) is 20.7. The summed E-state index contributed by atoms with van der Waals surface area (Å²) in [7, 11) is 1.43. The highest BCUT2D eigenvalue weighted by molar-refractivity contribution is 5.60. The first-order chi connectivity index (χ1) is 14.2. The zero-order valence-electron chi connectivity index (χ0n) is 15.2. The van der Waals surface area contributed by atoms with Gasteiger partial charge in [-0.15, -0.1) is 10.2 Å². The standard InChI is InChI=1S/C18H13F4N5O3/c1-30-14-4-2-3-12(9-14)23-10-15(27(28)29)16-24-25-17(18(20,21)22)26(16)13-7-5-11(19)6-8-13/h2-10,23H,1H3/b15-10+. The Labute approximate surface area is 166 Å². The maximum Gasteiger partial charge on any atom is 0.452 e. The van der Waals surface area contributed by atoms with E-state index in [-0.39, 0.29) is 5.69 Å². The molecule has 30 heavy (non-hydrogen) atoms. The van der Waals surface area contributed by atoms with E-state index in [1.807, 2.05) is 0 Å². The number of hydrogen-bond acceptors (Lipinski definition) is 6. The second-order valence-corrected chi connectivity index (χ2v) is 5.82. The zero-order chi connectivity index (χ0) is 21.9. The lowest BCUT2D eigenvalue weighted by Gasteiger charge is -2.11. The second kappa shape index (κ2) is 8.19. The van der Waals surface area contributed by atoms with Gasteiger partial charge in [0.25, 0.3) is 0 Å². The van der Waals surface area contributed by atoms with Gasteiger partial charge in [-0.3, -0.25) is 14.7 Å². The minimum absolute atomic E-state index is 0.196. The fourth-order valence-corrected chi connectivity index (χ4v) is 2.53. The van der Waals surface area contributed by atoms with Crippen molar-refractivity contribution < 1.29 is 27.2 Å². The first-order valence-corrected chi connectivity index (χ1v) is 8.25. The predicted molar refractivity (Wildman–Crippen MR) is 97.9 cm³/mol. The number of benzene rings is 2. The van der Waals surface area contributed by atoms with Crippen LogP contribution in [0.5, 0.6) is 5.75 Å². The SMILES string of the molecule is COc1cccc(N/C=C(\c2nnc(C(F)(F)F)n2-c2ccc(F)cc2)[N+](=O)[O-])c1. The lowest BCUT2D eigenvalue weighted by atomic mass is 10.3. The quantitative estimate of drug-likeness (QED) is 0.364. The van der Waals surface area contributed by atoms with Crippen molar-refractivity contribution in [2.45, 2.75) is 6.18 Å². The first kappa shape index (κ1) is 20.8. The van der Waals surface area contributed by atoms with Gasteiger partial charge in [0.1, 0.15) is 11.6 Å². The third-order valence-electron chi connectivity index (χ3n) is 3.87. The molecule has 1 heterocycles. The summed E-state index contributed by atoms with van der Waals surface area (Å²) < 4.78 is 58.9. The number of nitro groups is 1. The molecule has 0 fully saturated rings. The van der Waals surface area contributed by atoms with E-state index in [1.165, 1.54) is 13.2 Å². The summed E-state index contributed by atoms with van der Waals surface area (Å²) in [4.78, 5) is 10.7. The number of hydrogen-bond donors (Lipinski definition) is 1. The molecule has 156 valence electrons. The van der Waals surface area contributed by atoms with Gasteiger partial charge in [-0.25, -0.2) is 4.39 Å². The van der Waals surface area contributed by atoms with Crippen molar-refractivity contribution in [3.8, 4) is 11.4 Å². The lowest BCUT2D eigenvalue weighted by molar-refractivity contribution is -0.376. The number of anilines is 1. The Morgan fingerprint density at radius 3 is 2.50 bits per heavy atom. The highest BCUT2D eigenvalue weighted by atomic mass is 19.4. The smallest absolute Gasteiger partial charge is 0.452 e. The van der Waals surface area contributed by atoms with Gasteiger partial charge in [-0.1, -0.05) is 6.07 Å². The van der Waals surface area contributed by atoms with Crippen LogP contribution in [-0.2, 0) is 6.18 Å². The average molecular weight is 423 g/mol. The number of rotatable bonds is 6. The number of nitrogens with one attached hydrogen (secondary N) is 1. The Morgan fingerprint density at radius 1 is 1.20 bits per heavy atom. The Kier molecular flexibility index (Phi) is 5.67. The number of halogens is 4. The summed E-state index contributed by atoms with van der Waals surface area (Å²) in [6, 6.07) is 10.3. The molecule has 0 saturated heterocycles. The van der Waals surface area contributed by atoms with Crippen LogP contribution in [0.3, 0.4) is 0 Å². The molecule has 1 N–H and O–H groups in total. The van der Waals surface area contributed by atoms with Gasteiger partial charge in [-0.2, -0.15) is 13.2 Å². The number of methoxy groups -OCH3 is 1. The topological polar surface area (TPSA) is 95.1 Å². The number of alkyl halides is 3. The van der Waals surface area contributed by atoms with E-state index in [0.717, 1.165) is 30.5 Å². The first-order valence-electron chi connectivity index (χ1n) is 8.25.